The Kier molecular flexibility index (Phi) is 7.22. The van der Waals surface area contributed by atoms with Gasteiger partial charge in [-0.15, -0.1) is 0 Å². The first-order valence-electron chi connectivity index (χ1n) is 18.7. The zero-order valence-corrected chi connectivity index (χ0v) is 28.7. The Balaban J connectivity index is 1.38. The van der Waals surface area contributed by atoms with E-state index in [9.17, 15) is 0 Å². The molecule has 2 heteroatoms. The van der Waals surface area contributed by atoms with Gasteiger partial charge in [0.1, 0.15) is 0 Å². The van der Waals surface area contributed by atoms with E-state index in [1.54, 1.807) is 0 Å². The van der Waals surface area contributed by atoms with Gasteiger partial charge in [-0.3, -0.25) is 0 Å². The number of rotatable bonds is 4. The van der Waals surface area contributed by atoms with Gasteiger partial charge < -0.3 is 9.80 Å². The highest BCUT2D eigenvalue weighted by Gasteiger charge is 2.23. The average molecular weight is 647 g/mol. The van der Waals surface area contributed by atoms with Crippen LogP contribution in [0, 0.1) is 0 Å². The summed E-state index contributed by atoms with van der Waals surface area (Å²) in [5, 5.41) is 13.2. The third-order valence-corrected chi connectivity index (χ3v) is 11.6. The van der Waals surface area contributed by atoms with Crippen LogP contribution >= 0.6 is 0 Å². The summed E-state index contributed by atoms with van der Waals surface area (Å²) in [7, 11) is 0. The largest absolute Gasteiger partial charge is 0.372 e. The fourth-order valence-corrected chi connectivity index (χ4v) is 9.19. The molecule has 0 atom stereocenters. The highest BCUT2D eigenvalue weighted by Crippen LogP contribution is 2.49. The lowest BCUT2D eigenvalue weighted by atomic mass is 9.82. The molecular weight excluding hydrogens is 605 g/mol. The first-order valence-corrected chi connectivity index (χ1v) is 18.7. The summed E-state index contributed by atoms with van der Waals surface area (Å²) in [5.74, 6) is 0. The van der Waals surface area contributed by atoms with Crippen LogP contribution in [-0.4, -0.2) is 26.2 Å². The van der Waals surface area contributed by atoms with Crippen molar-refractivity contribution in [1.29, 1.82) is 0 Å². The molecule has 0 aromatic heterocycles. The lowest BCUT2D eigenvalue weighted by molar-refractivity contribution is 0.578. The Morgan fingerprint density at radius 1 is 0.300 bits per heavy atom. The number of benzene rings is 8. The van der Waals surface area contributed by atoms with Crippen LogP contribution in [0.15, 0.2) is 133 Å². The van der Waals surface area contributed by atoms with Gasteiger partial charge in [0.05, 0.1) is 0 Å². The van der Waals surface area contributed by atoms with Crippen molar-refractivity contribution in [3.63, 3.8) is 0 Å². The van der Waals surface area contributed by atoms with Crippen LogP contribution in [0.25, 0.3) is 76.1 Å². The maximum absolute atomic E-state index is 2.62. The smallest absolute Gasteiger partial charge is 0.0372 e. The summed E-state index contributed by atoms with van der Waals surface area (Å²) in [6.45, 7) is 4.51. The van der Waals surface area contributed by atoms with E-state index in [0.717, 1.165) is 26.2 Å². The van der Waals surface area contributed by atoms with Gasteiger partial charge in [0.2, 0.25) is 0 Å². The molecule has 0 unspecified atom stereocenters. The van der Waals surface area contributed by atoms with Crippen LogP contribution < -0.4 is 9.80 Å². The number of anilines is 2. The number of nitrogens with zero attached hydrogens (tertiary/aromatic N) is 2. The molecule has 2 saturated heterocycles. The quantitative estimate of drug-likeness (QED) is 0.139. The maximum atomic E-state index is 2.62. The van der Waals surface area contributed by atoms with E-state index in [0.29, 0.717) is 0 Å². The predicted octanol–water partition coefficient (Wildman–Crippen LogP) is 12.8. The summed E-state index contributed by atoms with van der Waals surface area (Å²) in [6, 6.07) is 51.0. The molecule has 0 aliphatic carbocycles. The van der Waals surface area contributed by atoms with Gasteiger partial charge in [0.25, 0.3) is 0 Å². The molecule has 2 heterocycles. The minimum Gasteiger partial charge on any atom is -0.372 e. The third kappa shape index (κ3) is 4.84. The number of piperidine rings is 2. The normalized spacial score (nSPS) is 15.5. The van der Waals surface area contributed by atoms with E-state index in [-0.39, 0.29) is 0 Å². The molecule has 8 aromatic carbocycles. The number of fused-ring (bicyclic) bond motifs is 6. The third-order valence-electron chi connectivity index (χ3n) is 11.6. The Morgan fingerprint density at radius 2 is 0.800 bits per heavy atom. The summed E-state index contributed by atoms with van der Waals surface area (Å²) < 4.78 is 0. The molecule has 2 nitrogen and oxygen atoms in total. The van der Waals surface area contributed by atoms with Crippen LogP contribution in [0.1, 0.15) is 38.5 Å². The van der Waals surface area contributed by atoms with Crippen LogP contribution in [0.4, 0.5) is 11.4 Å². The van der Waals surface area contributed by atoms with Crippen molar-refractivity contribution in [2.75, 3.05) is 36.0 Å². The number of hydrogen-bond donors (Lipinski definition) is 0. The Bertz CT molecular complexity index is 2560. The molecule has 0 amide bonds. The second kappa shape index (κ2) is 12.2. The minimum atomic E-state index is 1.13. The van der Waals surface area contributed by atoms with Crippen molar-refractivity contribution in [3.8, 4) is 22.3 Å². The van der Waals surface area contributed by atoms with E-state index in [2.05, 4.69) is 143 Å². The SMILES string of the molecule is c1ccc2c(-c3c4cc(N5CCCCC5)ccc4c(-c4cc5ccccc5c5ccccc45)c4cc(N5CCCCC5)ccc34)cccc2c1. The van der Waals surface area contributed by atoms with E-state index in [4.69, 9.17) is 0 Å². The van der Waals surface area contributed by atoms with Crippen molar-refractivity contribution in [2.24, 2.45) is 0 Å². The van der Waals surface area contributed by atoms with Gasteiger partial charge in [0.15, 0.2) is 0 Å². The predicted molar refractivity (Wildman–Crippen MR) is 217 cm³/mol. The van der Waals surface area contributed by atoms with Crippen LogP contribution in [0.3, 0.4) is 0 Å². The van der Waals surface area contributed by atoms with Gasteiger partial charge in [-0.05, 0) is 145 Å². The van der Waals surface area contributed by atoms with Crippen LogP contribution in [-0.2, 0) is 0 Å². The molecule has 2 aliphatic heterocycles. The molecule has 0 radical (unpaired) electrons. The topological polar surface area (TPSA) is 6.48 Å². The first-order chi connectivity index (χ1) is 24.8. The van der Waals surface area contributed by atoms with Gasteiger partial charge in [-0.25, -0.2) is 0 Å². The molecule has 244 valence electrons. The molecule has 2 aliphatic rings. The van der Waals surface area contributed by atoms with E-state index < -0.39 is 0 Å². The summed E-state index contributed by atoms with van der Waals surface area (Å²) >= 11 is 0. The Hall–Kier alpha value is -5.34. The lowest BCUT2D eigenvalue weighted by Gasteiger charge is -2.31. The molecule has 0 spiro atoms. The second-order valence-corrected chi connectivity index (χ2v) is 14.5. The molecular formula is C48H42N2. The monoisotopic (exact) mass is 646 g/mol. The summed E-state index contributed by atoms with van der Waals surface area (Å²) in [5.41, 5.74) is 8.03. The van der Waals surface area contributed by atoms with Crippen molar-refractivity contribution in [3.05, 3.63) is 133 Å². The molecule has 0 saturated carbocycles. The number of hydrogen-bond acceptors (Lipinski definition) is 2. The molecule has 50 heavy (non-hydrogen) atoms. The standard InChI is InChI=1S/C48H42N2/c1-9-26-49(27-10-1)35-23-25-43-45(31-35)47(41-21-13-16-33-14-3-5-17-37(33)41)42-24-22-36(50-28-11-2-12-29-50)32-46(42)48(43)44-30-34-15-4-6-18-38(34)39-19-7-8-20-40(39)44/h3-8,13-25,30-32H,1-2,9-12,26-29H2. The van der Waals surface area contributed by atoms with Crippen molar-refractivity contribution in [2.45, 2.75) is 38.5 Å². The molecule has 10 rings (SSSR count). The van der Waals surface area contributed by atoms with Gasteiger partial charge >= 0.3 is 0 Å². The highest BCUT2D eigenvalue weighted by atomic mass is 15.1. The molecule has 8 aromatic rings. The Labute approximate surface area is 294 Å². The lowest BCUT2D eigenvalue weighted by Crippen LogP contribution is -2.29. The van der Waals surface area contributed by atoms with Crippen molar-refractivity contribution < 1.29 is 0 Å². The summed E-state index contributed by atoms with van der Waals surface area (Å²) in [4.78, 5) is 5.23. The zero-order valence-electron chi connectivity index (χ0n) is 28.7. The van der Waals surface area contributed by atoms with Crippen LogP contribution in [0.5, 0.6) is 0 Å². The first kappa shape index (κ1) is 29.6. The average Bonchev–Trinajstić information content (AvgIpc) is 3.20. The van der Waals surface area contributed by atoms with Crippen LogP contribution in [0.2, 0.25) is 0 Å². The van der Waals surface area contributed by atoms with E-state index in [1.807, 2.05) is 0 Å². The summed E-state index contributed by atoms with van der Waals surface area (Å²) in [6.07, 6.45) is 7.71. The van der Waals surface area contributed by atoms with E-state index >= 15 is 0 Å². The fourth-order valence-electron chi connectivity index (χ4n) is 9.19. The van der Waals surface area contributed by atoms with Gasteiger partial charge in [-0.1, -0.05) is 103 Å². The highest BCUT2D eigenvalue weighted by molar-refractivity contribution is 6.27. The van der Waals surface area contributed by atoms with Crippen molar-refractivity contribution >= 4 is 65.2 Å². The second-order valence-electron chi connectivity index (χ2n) is 14.5. The molecule has 0 N–H and O–H groups in total. The van der Waals surface area contributed by atoms with Gasteiger partial charge in [0, 0.05) is 37.6 Å². The molecule has 0 bridgehead atoms. The fraction of sp³-hybridized carbons (Fsp3) is 0.208. The minimum absolute atomic E-state index is 1.13. The van der Waals surface area contributed by atoms with E-state index in [1.165, 1.54) is 126 Å². The van der Waals surface area contributed by atoms with Gasteiger partial charge in [-0.2, -0.15) is 0 Å². The Morgan fingerprint density at radius 3 is 1.44 bits per heavy atom. The maximum Gasteiger partial charge on any atom is 0.0372 e. The zero-order chi connectivity index (χ0) is 33.0. The molecule has 2 fully saturated rings. The van der Waals surface area contributed by atoms with Crippen molar-refractivity contribution in [1.82, 2.24) is 0 Å².